The molecular weight excluding hydrogens is 276 g/mol. The van der Waals surface area contributed by atoms with Crippen molar-refractivity contribution in [3.05, 3.63) is 80.7 Å². The van der Waals surface area contributed by atoms with Gasteiger partial charge < -0.3 is 10.2 Å². The van der Waals surface area contributed by atoms with E-state index in [-0.39, 0.29) is 11.5 Å². The van der Waals surface area contributed by atoms with Gasteiger partial charge in [-0.3, -0.25) is 0 Å². The Morgan fingerprint density at radius 2 is 1.00 bits per heavy atom. The van der Waals surface area contributed by atoms with Crippen LogP contribution in [0.15, 0.2) is 59.9 Å². The van der Waals surface area contributed by atoms with Crippen LogP contribution in [-0.4, -0.2) is 10.2 Å². The van der Waals surface area contributed by atoms with Crippen LogP contribution in [0.1, 0.15) is 11.1 Å². The van der Waals surface area contributed by atoms with Crippen molar-refractivity contribution in [2.24, 2.45) is 0 Å². The predicted molar refractivity (Wildman–Crippen MR) is 88.8 cm³/mol. The van der Waals surface area contributed by atoms with Gasteiger partial charge in [0.15, 0.2) is 0 Å². The summed E-state index contributed by atoms with van der Waals surface area (Å²) in [4.78, 5) is 7.40. The average Bonchev–Trinajstić information content (AvgIpc) is 2.54. The zero-order valence-corrected chi connectivity index (χ0v) is 11.7. The maximum atomic E-state index is 9.28. The molecule has 0 unspecified atom stereocenters. The van der Waals surface area contributed by atoms with Gasteiger partial charge in [-0.05, 0) is 45.1 Å². The van der Waals surface area contributed by atoms with E-state index < -0.39 is 0 Å². The van der Waals surface area contributed by atoms with E-state index in [1.165, 1.54) is 0 Å². The molecule has 0 aliphatic carbocycles. The van der Waals surface area contributed by atoms with Gasteiger partial charge >= 0.3 is 11.4 Å². The Hall–Kier alpha value is -3.50. The number of rotatable bonds is 3. The molecule has 0 aliphatic heterocycles. The second kappa shape index (κ2) is 6.78. The van der Waals surface area contributed by atoms with Crippen molar-refractivity contribution >= 4 is 12.2 Å². The van der Waals surface area contributed by atoms with E-state index in [1.54, 1.807) is 60.7 Å². The van der Waals surface area contributed by atoms with Crippen molar-refractivity contribution in [1.29, 1.82) is 0 Å². The summed E-state index contributed by atoms with van der Waals surface area (Å²) in [6.45, 7) is 10.8. The molecule has 0 saturated heterocycles. The molecule has 22 heavy (non-hydrogen) atoms. The molecule has 0 atom stereocenters. The second-order valence-corrected chi connectivity index (χ2v) is 4.50. The Labute approximate surface area is 128 Å². The summed E-state index contributed by atoms with van der Waals surface area (Å²) in [5.41, 5.74) is 2.37. The summed E-state index contributed by atoms with van der Waals surface area (Å²) in [6.07, 6.45) is 3.39. The Kier molecular flexibility index (Phi) is 4.59. The Morgan fingerprint density at radius 3 is 1.27 bits per heavy atom. The number of nitrogens with zero attached hydrogens (tertiary/aromatic N) is 2. The molecule has 4 nitrogen and oxygen atoms in total. The molecule has 0 fully saturated rings. The lowest BCUT2D eigenvalue weighted by molar-refractivity contribution is 0.474. The molecule has 0 spiro atoms. The molecule has 0 aliphatic rings. The van der Waals surface area contributed by atoms with E-state index in [2.05, 4.69) is 9.69 Å². The Bertz CT molecular complexity index is 731. The van der Waals surface area contributed by atoms with Crippen LogP contribution in [0.2, 0.25) is 0 Å². The van der Waals surface area contributed by atoms with Crippen LogP contribution in [0.25, 0.3) is 21.8 Å². The maximum absolute atomic E-state index is 9.28. The quantitative estimate of drug-likeness (QED) is 0.823. The van der Waals surface area contributed by atoms with E-state index in [0.29, 0.717) is 11.4 Å². The molecule has 0 aromatic heterocycles. The maximum Gasteiger partial charge on any atom is 0.430 e. The fourth-order valence-electron chi connectivity index (χ4n) is 1.81. The van der Waals surface area contributed by atoms with E-state index in [0.717, 1.165) is 11.1 Å². The van der Waals surface area contributed by atoms with Gasteiger partial charge in [-0.1, -0.05) is 24.3 Å². The molecule has 0 bridgehead atoms. The number of hydrogen-bond donors (Lipinski definition) is 2. The molecular formula is C18H14N2O2+2. The van der Waals surface area contributed by atoms with Crippen LogP contribution in [0.3, 0.4) is 0 Å². The fourth-order valence-corrected chi connectivity index (χ4v) is 1.81. The molecule has 0 radical (unpaired) electrons. The minimum atomic E-state index is 0.173. The fraction of sp³-hybridized carbons (Fsp3) is 0. The van der Waals surface area contributed by atoms with Gasteiger partial charge in [-0.2, -0.15) is 0 Å². The van der Waals surface area contributed by atoms with Gasteiger partial charge in [0.2, 0.25) is 0 Å². The number of benzene rings is 2. The summed E-state index contributed by atoms with van der Waals surface area (Å²) in [5.74, 6) is 0.346. The van der Waals surface area contributed by atoms with Crippen molar-refractivity contribution in [3.8, 4) is 24.6 Å². The summed E-state index contributed by atoms with van der Waals surface area (Å²) in [7, 11) is 0. The van der Waals surface area contributed by atoms with Gasteiger partial charge in [-0.15, -0.1) is 0 Å². The highest BCUT2D eigenvalue weighted by atomic mass is 16.3. The van der Waals surface area contributed by atoms with Crippen LogP contribution < -0.4 is 0 Å². The average molecular weight is 290 g/mol. The third-order valence-corrected chi connectivity index (χ3v) is 2.93. The standard InChI is InChI=1S/C18H12N2O2/c1-19-17(11-13-3-7-15(21)8-4-13)18(20-2)12-14-5-9-16(22)10-6-14/h1-12H/p+2/b17-11-,18-12-. The lowest BCUT2D eigenvalue weighted by Gasteiger charge is -1.93. The monoisotopic (exact) mass is 290 g/mol. The zero-order valence-electron chi connectivity index (χ0n) is 11.7. The summed E-state index contributed by atoms with van der Waals surface area (Å²) >= 11 is 0. The first-order valence-corrected chi connectivity index (χ1v) is 6.46. The van der Waals surface area contributed by atoms with Gasteiger partial charge in [0.1, 0.15) is 11.5 Å². The molecule has 2 rings (SSSR count). The van der Waals surface area contributed by atoms with Gasteiger partial charge in [0.05, 0.1) is 0 Å². The molecule has 2 aromatic rings. The van der Waals surface area contributed by atoms with E-state index in [1.807, 2.05) is 0 Å². The van der Waals surface area contributed by atoms with E-state index >= 15 is 0 Å². The Balaban J connectivity index is 2.39. The first-order valence-electron chi connectivity index (χ1n) is 6.46. The van der Waals surface area contributed by atoms with Crippen molar-refractivity contribution in [2.45, 2.75) is 0 Å². The largest absolute Gasteiger partial charge is 0.508 e. The van der Waals surface area contributed by atoms with Crippen molar-refractivity contribution in [3.63, 3.8) is 0 Å². The molecule has 2 aromatic carbocycles. The second-order valence-electron chi connectivity index (χ2n) is 4.50. The lowest BCUT2D eigenvalue weighted by atomic mass is 10.1. The van der Waals surface area contributed by atoms with Gasteiger partial charge in [0, 0.05) is 12.2 Å². The molecule has 0 amide bonds. The predicted octanol–water partition coefficient (Wildman–Crippen LogP) is 4.41. The third kappa shape index (κ3) is 3.75. The van der Waals surface area contributed by atoms with E-state index in [4.69, 9.17) is 13.1 Å². The van der Waals surface area contributed by atoms with E-state index in [9.17, 15) is 10.2 Å². The van der Waals surface area contributed by atoms with Crippen molar-refractivity contribution < 1.29 is 10.2 Å². The number of hydrogen-bond acceptors (Lipinski definition) is 2. The minimum Gasteiger partial charge on any atom is -0.508 e. The lowest BCUT2D eigenvalue weighted by Crippen LogP contribution is -1.82. The summed E-state index contributed by atoms with van der Waals surface area (Å²) < 4.78 is 0. The zero-order chi connectivity index (χ0) is 15.9. The summed E-state index contributed by atoms with van der Waals surface area (Å²) in [5, 5.41) is 18.6. The molecule has 106 valence electrons. The highest BCUT2D eigenvalue weighted by Gasteiger charge is 2.24. The Morgan fingerprint density at radius 1 is 0.682 bits per heavy atom. The smallest absolute Gasteiger partial charge is 0.430 e. The van der Waals surface area contributed by atoms with Crippen molar-refractivity contribution in [1.82, 2.24) is 0 Å². The first kappa shape index (κ1) is 14.9. The van der Waals surface area contributed by atoms with Crippen LogP contribution in [0.5, 0.6) is 11.5 Å². The topological polar surface area (TPSA) is 49.2 Å². The van der Waals surface area contributed by atoms with Crippen LogP contribution in [0.4, 0.5) is 0 Å². The molecule has 2 N–H and O–H groups in total. The van der Waals surface area contributed by atoms with Gasteiger partial charge in [0.25, 0.3) is 13.1 Å². The number of phenolic OH excluding ortho intramolecular Hbond substituents is 2. The van der Waals surface area contributed by atoms with Gasteiger partial charge in [-0.25, -0.2) is 0 Å². The number of aromatic hydroxyl groups is 2. The highest BCUT2D eigenvalue weighted by molar-refractivity contribution is 5.70. The SMILES string of the molecule is C#[N+]C(=C\c1ccc(O)cc1)/C(=C/c1ccc(O)cc1)[N+]#C. The minimum absolute atomic E-state index is 0.173. The first-order chi connectivity index (χ1) is 10.6. The molecule has 0 heterocycles. The molecule has 0 saturated carbocycles. The third-order valence-electron chi connectivity index (χ3n) is 2.93. The highest BCUT2D eigenvalue weighted by Crippen LogP contribution is 2.22. The van der Waals surface area contributed by atoms with Crippen LogP contribution in [-0.2, 0) is 0 Å². The molecule has 4 heteroatoms. The number of phenols is 2. The van der Waals surface area contributed by atoms with Crippen molar-refractivity contribution in [2.75, 3.05) is 0 Å². The van der Waals surface area contributed by atoms with Crippen LogP contribution in [0, 0.1) is 13.1 Å². The normalized spacial score (nSPS) is 11.5. The van der Waals surface area contributed by atoms with Crippen LogP contribution >= 0.6 is 0 Å². The summed E-state index contributed by atoms with van der Waals surface area (Å²) in [6, 6.07) is 13.1.